The predicted octanol–water partition coefficient (Wildman–Crippen LogP) is 7.46. The average Bonchev–Trinajstić information content (AvgIpc) is 3.69. The number of nitrogens with zero attached hydrogens (tertiary/aromatic N) is 3. The van der Waals surface area contributed by atoms with Crippen molar-refractivity contribution in [1.29, 1.82) is 0 Å². The van der Waals surface area contributed by atoms with Crippen LogP contribution in [0.5, 0.6) is 0 Å². The van der Waals surface area contributed by atoms with Crippen LogP contribution in [0.2, 0.25) is 5.02 Å². The molecule has 0 unspecified atom stereocenters. The van der Waals surface area contributed by atoms with Crippen molar-refractivity contribution in [2.24, 2.45) is 4.99 Å². The number of halogens is 2. The van der Waals surface area contributed by atoms with Crippen molar-refractivity contribution in [3.05, 3.63) is 64.4 Å². The molecule has 0 radical (unpaired) electrons. The van der Waals surface area contributed by atoms with Gasteiger partial charge in [0.1, 0.15) is 16.4 Å². The highest BCUT2D eigenvalue weighted by Crippen LogP contribution is 2.40. The summed E-state index contributed by atoms with van der Waals surface area (Å²) in [5.74, 6) is 0.363. The highest BCUT2D eigenvalue weighted by atomic mass is 79.9. The summed E-state index contributed by atoms with van der Waals surface area (Å²) in [5.41, 5.74) is 0.870. The van der Waals surface area contributed by atoms with Gasteiger partial charge in [-0.1, -0.05) is 79.3 Å². The van der Waals surface area contributed by atoms with Crippen LogP contribution in [-0.4, -0.2) is 42.4 Å². The van der Waals surface area contributed by atoms with Gasteiger partial charge in [-0.2, -0.15) is 0 Å². The second-order valence-corrected chi connectivity index (χ2v) is 12.7. The Kier molecular flexibility index (Phi) is 9.81. The molecule has 1 N–H and O–H groups in total. The van der Waals surface area contributed by atoms with Crippen LogP contribution in [0.4, 0.5) is 5.82 Å². The molecule has 0 bridgehead atoms. The van der Waals surface area contributed by atoms with E-state index in [0.717, 1.165) is 25.7 Å². The van der Waals surface area contributed by atoms with Gasteiger partial charge in [-0.3, -0.25) is 19.4 Å². The van der Waals surface area contributed by atoms with Crippen molar-refractivity contribution in [2.75, 3.05) is 11.3 Å². The maximum Gasteiger partial charge on any atom is 0.263 e. The number of aliphatic imine (C=N–C) groups is 1. The van der Waals surface area contributed by atoms with Crippen molar-refractivity contribution >= 4 is 56.2 Å². The Bertz CT molecular complexity index is 1690. The first-order valence-electron chi connectivity index (χ1n) is 15.3. The second kappa shape index (κ2) is 13.9. The van der Waals surface area contributed by atoms with E-state index in [4.69, 9.17) is 25.9 Å². The number of aryl methyl sites for hydroxylation is 1. The lowest BCUT2D eigenvalue weighted by Crippen LogP contribution is -2.40. The molecule has 232 valence electrons. The van der Waals surface area contributed by atoms with E-state index in [-0.39, 0.29) is 56.6 Å². The van der Waals surface area contributed by atoms with Crippen LogP contribution >= 0.6 is 28.6 Å². The van der Waals surface area contributed by atoms with Gasteiger partial charge in [0.15, 0.2) is 5.76 Å². The molecule has 1 amide bonds. The lowest BCUT2D eigenvalue weighted by molar-refractivity contribution is -0.131. The van der Waals surface area contributed by atoms with Crippen LogP contribution in [-0.2, 0) is 32.7 Å². The number of rotatable bonds is 12. The molecule has 0 atom stereocenters. The largest absolute Gasteiger partial charge is 0.377 e. The highest BCUT2D eigenvalue weighted by molar-refractivity contribution is 8.93. The van der Waals surface area contributed by atoms with Crippen LogP contribution in [0.1, 0.15) is 78.4 Å². The Hall–Kier alpha value is -2.73. The Labute approximate surface area is 271 Å². The number of anilines is 1. The van der Waals surface area contributed by atoms with Gasteiger partial charge in [0, 0.05) is 18.6 Å². The number of sulfonamides is 1. The first-order chi connectivity index (χ1) is 20.9. The number of ether oxygens (including phenoxy) is 1. The zero-order valence-electron chi connectivity index (χ0n) is 26.5. The molecule has 9 nitrogen and oxygen atoms in total. The number of amidine groups is 1. The molecule has 3 aromatic rings. The van der Waals surface area contributed by atoms with Gasteiger partial charge >= 0.3 is 0 Å². The first kappa shape index (κ1) is 30.3. The number of carbonyl (C=O) groups is 1. The highest BCUT2D eigenvalue weighted by Gasteiger charge is 2.49. The maximum absolute atomic E-state index is 13.9. The van der Waals surface area contributed by atoms with Crippen molar-refractivity contribution < 1.29 is 25.2 Å². The molecule has 0 saturated heterocycles. The summed E-state index contributed by atoms with van der Waals surface area (Å²) in [7, 11) is -4.17. The number of hydrogen-bond donors (Lipinski definition) is 1. The molecule has 2 heterocycles. The van der Waals surface area contributed by atoms with Gasteiger partial charge in [-0.15, -0.1) is 17.0 Å². The molecule has 2 aliphatic rings. The smallest absolute Gasteiger partial charge is 0.263 e. The van der Waals surface area contributed by atoms with Crippen LogP contribution in [0.15, 0.2) is 56.9 Å². The number of amides is 1. The van der Waals surface area contributed by atoms with E-state index in [1.807, 2.05) is 6.92 Å². The van der Waals surface area contributed by atoms with E-state index in [1.54, 1.807) is 43.3 Å². The van der Waals surface area contributed by atoms with Crippen LogP contribution in [0, 0.1) is 6.92 Å². The monoisotopic (exact) mass is 694 g/mol. The predicted molar refractivity (Wildman–Crippen MR) is 173 cm³/mol. The Morgan fingerprint density at radius 3 is 2.58 bits per heavy atom. The summed E-state index contributed by atoms with van der Waals surface area (Å²) in [5, 5.41) is 3.78. The molecule has 1 fully saturated rings. The molecule has 12 heteroatoms. The van der Waals surface area contributed by atoms with Crippen molar-refractivity contribution in [3.8, 4) is 11.1 Å². The summed E-state index contributed by atoms with van der Waals surface area (Å²) in [6.45, 7) is 3.77. The fraction of sp³-hybridized carbons (Fsp3) is 0.452. The van der Waals surface area contributed by atoms with Crippen molar-refractivity contribution in [2.45, 2.75) is 89.3 Å². The molecule has 43 heavy (non-hydrogen) atoms. The van der Waals surface area contributed by atoms with Gasteiger partial charge in [0.25, 0.3) is 15.9 Å². The Balaban J connectivity index is 0.00000461. The standard InChI is InChI=1S/C31H37ClN4O5S.BrH/c1-4-6-13-27-33-31(16-9-10-17-31)30(37)36(27)19-22-14-15-24(23(18-22)20-40-5-2)25-11-7-8-12-26(25)42(38,39)35-29-28(32)21(3)41-34-29;/h7-8,11-12,14-15,18H,4-6,9-10,13,16-17,19-20H2,1-3H3,(H,34,35);1H/i19D2;. The summed E-state index contributed by atoms with van der Waals surface area (Å²) in [4.78, 5) is 19.9. The van der Waals surface area contributed by atoms with Crippen LogP contribution in [0.25, 0.3) is 11.1 Å². The zero-order valence-corrected chi connectivity index (χ0v) is 27.8. The minimum atomic E-state index is -4.17. The van der Waals surface area contributed by atoms with E-state index >= 15 is 0 Å². The number of hydrogen-bond acceptors (Lipinski definition) is 7. The lowest BCUT2D eigenvalue weighted by Gasteiger charge is -2.23. The number of benzene rings is 2. The summed E-state index contributed by atoms with van der Waals surface area (Å²) >= 11 is 6.17. The van der Waals surface area contributed by atoms with Gasteiger partial charge < -0.3 is 9.26 Å². The third-order valence-electron chi connectivity index (χ3n) is 7.68. The molecular formula is C31H38BrClN4O5S. The fourth-order valence-electron chi connectivity index (χ4n) is 5.49. The lowest BCUT2D eigenvalue weighted by atomic mass is 9.96. The minimum Gasteiger partial charge on any atom is -0.377 e. The van der Waals surface area contributed by atoms with E-state index in [1.165, 1.54) is 11.0 Å². The normalized spacial score (nSPS) is 17.1. The van der Waals surface area contributed by atoms with Crippen molar-refractivity contribution in [1.82, 2.24) is 10.1 Å². The Morgan fingerprint density at radius 1 is 1.16 bits per heavy atom. The summed E-state index contributed by atoms with van der Waals surface area (Å²) in [6.07, 6.45) is 5.23. The number of unbranched alkanes of at least 4 members (excludes halogenated alkanes) is 1. The van der Waals surface area contributed by atoms with Crippen molar-refractivity contribution in [3.63, 3.8) is 0 Å². The maximum atomic E-state index is 13.9. The summed E-state index contributed by atoms with van der Waals surface area (Å²) < 4.78 is 58.8. The molecule has 5 rings (SSSR count). The molecule has 1 aromatic heterocycles. The molecule has 1 aliphatic carbocycles. The van der Waals surface area contributed by atoms with Crippen LogP contribution in [0.3, 0.4) is 0 Å². The number of carbonyl (C=O) groups excluding carboxylic acids is 1. The molecule has 1 spiro atoms. The second-order valence-electron chi connectivity index (χ2n) is 10.6. The molecular weight excluding hydrogens is 656 g/mol. The summed E-state index contributed by atoms with van der Waals surface area (Å²) in [6, 6.07) is 11.4. The first-order valence-corrected chi connectivity index (χ1v) is 16.2. The fourth-order valence-corrected chi connectivity index (χ4v) is 6.89. The zero-order chi connectivity index (χ0) is 31.7. The van der Waals surface area contributed by atoms with E-state index < -0.39 is 22.1 Å². The third kappa shape index (κ3) is 6.84. The average molecular weight is 696 g/mol. The third-order valence-corrected chi connectivity index (χ3v) is 9.53. The van der Waals surface area contributed by atoms with Crippen LogP contribution < -0.4 is 4.72 Å². The minimum absolute atomic E-state index is 0. The quantitative estimate of drug-likeness (QED) is 0.210. The van der Waals surface area contributed by atoms with E-state index in [9.17, 15) is 16.0 Å². The van der Waals surface area contributed by atoms with E-state index in [2.05, 4.69) is 16.8 Å². The molecule has 2 aromatic carbocycles. The van der Waals surface area contributed by atoms with Gasteiger partial charge in [-0.25, -0.2) is 8.42 Å². The number of nitrogens with one attached hydrogen (secondary N) is 1. The molecule has 1 saturated carbocycles. The van der Waals surface area contributed by atoms with Gasteiger partial charge in [0.05, 0.1) is 20.7 Å². The topological polar surface area (TPSA) is 114 Å². The SMILES string of the molecule is Br.[2H]C([2H])(c1ccc(-c2ccccc2S(=O)(=O)Nc2noc(C)c2Cl)c(COCC)c1)N1C(=O)C2(CCCC2)N=C1CCCC. The Morgan fingerprint density at radius 2 is 1.91 bits per heavy atom. The van der Waals surface area contributed by atoms with Gasteiger partial charge in [0.2, 0.25) is 5.82 Å². The van der Waals surface area contributed by atoms with E-state index in [0.29, 0.717) is 48.4 Å². The van der Waals surface area contributed by atoms with Gasteiger partial charge in [-0.05, 0) is 55.9 Å². The number of aromatic nitrogens is 1. The molecule has 1 aliphatic heterocycles.